The van der Waals surface area contributed by atoms with Crippen LogP contribution >= 0.6 is 0 Å². The maximum Gasteiger partial charge on any atom is 0.244 e. The van der Waals surface area contributed by atoms with Gasteiger partial charge in [-0.25, -0.2) is 24.3 Å². The van der Waals surface area contributed by atoms with Crippen LogP contribution in [0.25, 0.3) is 5.82 Å². The van der Waals surface area contributed by atoms with Crippen molar-refractivity contribution in [1.29, 1.82) is 0 Å². The van der Waals surface area contributed by atoms with Gasteiger partial charge in [0.2, 0.25) is 5.91 Å². The molecule has 128 valence electrons. The molecule has 0 N–H and O–H groups in total. The molecule has 10 nitrogen and oxygen atoms in total. The lowest BCUT2D eigenvalue weighted by Crippen LogP contribution is -2.49. The van der Waals surface area contributed by atoms with Crippen LogP contribution in [0.15, 0.2) is 43.5 Å². The van der Waals surface area contributed by atoms with E-state index in [-0.39, 0.29) is 12.5 Å². The Morgan fingerprint density at radius 2 is 1.88 bits per heavy atom. The average Bonchev–Trinajstić information content (AvgIpc) is 3.36. The highest BCUT2D eigenvalue weighted by atomic mass is 16.2. The van der Waals surface area contributed by atoms with E-state index in [9.17, 15) is 4.79 Å². The largest absolute Gasteiger partial charge is 0.353 e. The number of rotatable bonds is 4. The number of piperazine rings is 1. The summed E-state index contributed by atoms with van der Waals surface area (Å²) in [6, 6.07) is 3.75. The Bertz CT molecular complexity index is 823. The number of hydrogen-bond acceptors (Lipinski definition) is 7. The van der Waals surface area contributed by atoms with Crippen LogP contribution in [-0.4, -0.2) is 71.5 Å². The molecule has 0 bridgehead atoms. The number of carbonyl (C=O) groups excluding carboxylic acids is 1. The van der Waals surface area contributed by atoms with Crippen LogP contribution in [0.5, 0.6) is 0 Å². The number of anilines is 1. The summed E-state index contributed by atoms with van der Waals surface area (Å²) in [4.78, 5) is 28.7. The fourth-order valence-corrected chi connectivity index (χ4v) is 2.78. The first-order valence-corrected chi connectivity index (χ1v) is 7.97. The summed E-state index contributed by atoms with van der Waals surface area (Å²) in [5.74, 6) is 1.61. The summed E-state index contributed by atoms with van der Waals surface area (Å²) in [6.45, 7) is 2.96. The fourth-order valence-electron chi connectivity index (χ4n) is 2.78. The van der Waals surface area contributed by atoms with Gasteiger partial charge in [0.05, 0.1) is 0 Å². The summed E-state index contributed by atoms with van der Waals surface area (Å²) >= 11 is 0. The predicted molar refractivity (Wildman–Crippen MR) is 88.0 cm³/mol. The molecule has 4 heterocycles. The Kier molecular flexibility index (Phi) is 4.07. The predicted octanol–water partition coefficient (Wildman–Crippen LogP) is -0.397. The number of aromatic nitrogens is 7. The first kappa shape index (κ1) is 15.2. The maximum absolute atomic E-state index is 12.3. The summed E-state index contributed by atoms with van der Waals surface area (Å²) in [6.07, 6.45) is 8.06. The first-order chi connectivity index (χ1) is 12.3. The van der Waals surface area contributed by atoms with Crippen molar-refractivity contribution >= 4 is 11.7 Å². The Labute approximate surface area is 143 Å². The molecule has 1 amide bonds. The molecule has 1 fully saturated rings. The summed E-state index contributed by atoms with van der Waals surface area (Å²) < 4.78 is 3.23. The van der Waals surface area contributed by atoms with E-state index in [0.29, 0.717) is 13.1 Å². The van der Waals surface area contributed by atoms with Gasteiger partial charge in [-0.05, 0) is 6.07 Å². The van der Waals surface area contributed by atoms with Crippen LogP contribution in [-0.2, 0) is 11.3 Å². The van der Waals surface area contributed by atoms with E-state index in [2.05, 4.69) is 30.0 Å². The molecule has 0 spiro atoms. The van der Waals surface area contributed by atoms with Gasteiger partial charge in [0, 0.05) is 44.6 Å². The molecule has 0 unspecified atom stereocenters. The van der Waals surface area contributed by atoms with E-state index in [1.807, 2.05) is 23.2 Å². The lowest BCUT2D eigenvalue weighted by Gasteiger charge is -2.35. The molecule has 3 aromatic rings. The van der Waals surface area contributed by atoms with Gasteiger partial charge in [-0.2, -0.15) is 10.2 Å². The quantitative estimate of drug-likeness (QED) is 0.638. The van der Waals surface area contributed by atoms with Crippen LogP contribution in [0.1, 0.15) is 0 Å². The molecule has 0 atom stereocenters. The van der Waals surface area contributed by atoms with E-state index in [1.165, 1.54) is 17.3 Å². The van der Waals surface area contributed by atoms with Crippen LogP contribution in [0.2, 0.25) is 0 Å². The molecule has 1 saturated heterocycles. The van der Waals surface area contributed by atoms with Gasteiger partial charge >= 0.3 is 0 Å². The molecule has 0 aromatic carbocycles. The monoisotopic (exact) mass is 339 g/mol. The van der Waals surface area contributed by atoms with Crippen molar-refractivity contribution in [3.63, 3.8) is 0 Å². The van der Waals surface area contributed by atoms with Crippen LogP contribution in [0, 0.1) is 0 Å². The topological polar surface area (TPSA) is 97.9 Å². The van der Waals surface area contributed by atoms with Gasteiger partial charge in [-0.3, -0.25) is 4.79 Å². The minimum atomic E-state index is 0.0464. The van der Waals surface area contributed by atoms with Gasteiger partial charge in [0.25, 0.3) is 0 Å². The van der Waals surface area contributed by atoms with Crippen molar-refractivity contribution < 1.29 is 4.79 Å². The normalized spacial score (nSPS) is 14.7. The zero-order valence-electron chi connectivity index (χ0n) is 13.5. The molecule has 0 radical (unpaired) electrons. The molecule has 3 aromatic heterocycles. The second-order valence-corrected chi connectivity index (χ2v) is 5.65. The van der Waals surface area contributed by atoms with Crippen LogP contribution in [0.3, 0.4) is 0 Å². The third-order valence-corrected chi connectivity index (χ3v) is 4.10. The summed E-state index contributed by atoms with van der Waals surface area (Å²) in [5.41, 5.74) is 0. The molecule has 1 aliphatic rings. The zero-order chi connectivity index (χ0) is 17.1. The standard InChI is InChI=1S/C15H17N9O/c25-15(9-23-12-16-10-20-23)22-6-4-21(5-7-22)13-8-14(18-11-17-13)24-3-1-2-19-24/h1-3,8,10-12H,4-7,9H2. The van der Waals surface area contributed by atoms with Crippen molar-refractivity contribution in [3.8, 4) is 5.82 Å². The average molecular weight is 339 g/mol. The van der Waals surface area contributed by atoms with Gasteiger partial charge in [0.15, 0.2) is 5.82 Å². The first-order valence-electron chi connectivity index (χ1n) is 7.97. The molecule has 10 heteroatoms. The van der Waals surface area contributed by atoms with Gasteiger partial charge in [0.1, 0.15) is 31.3 Å². The minimum Gasteiger partial charge on any atom is -0.353 e. The summed E-state index contributed by atoms with van der Waals surface area (Å²) in [7, 11) is 0. The van der Waals surface area contributed by atoms with Crippen molar-refractivity contribution in [2.24, 2.45) is 0 Å². The van der Waals surface area contributed by atoms with Crippen molar-refractivity contribution in [2.75, 3.05) is 31.1 Å². The Hall–Kier alpha value is -3.30. The summed E-state index contributed by atoms with van der Waals surface area (Å²) in [5, 5.41) is 8.16. The second kappa shape index (κ2) is 6.67. The van der Waals surface area contributed by atoms with Crippen molar-refractivity contribution in [2.45, 2.75) is 6.54 Å². The van der Waals surface area contributed by atoms with E-state index >= 15 is 0 Å². The SMILES string of the molecule is O=C(Cn1cncn1)N1CCN(c2cc(-n3cccn3)ncn2)CC1. The molecule has 0 saturated carbocycles. The van der Waals surface area contributed by atoms with Gasteiger partial charge in [-0.15, -0.1) is 0 Å². The lowest BCUT2D eigenvalue weighted by atomic mass is 10.3. The Morgan fingerprint density at radius 1 is 1.04 bits per heavy atom. The van der Waals surface area contributed by atoms with E-state index in [4.69, 9.17) is 0 Å². The van der Waals surface area contributed by atoms with Crippen LogP contribution < -0.4 is 4.90 Å². The molecule has 1 aliphatic heterocycles. The van der Waals surface area contributed by atoms with Crippen LogP contribution in [0.4, 0.5) is 5.82 Å². The highest BCUT2D eigenvalue weighted by Gasteiger charge is 2.22. The lowest BCUT2D eigenvalue weighted by molar-refractivity contribution is -0.132. The minimum absolute atomic E-state index is 0.0464. The second-order valence-electron chi connectivity index (χ2n) is 5.65. The zero-order valence-corrected chi connectivity index (χ0v) is 13.5. The highest BCUT2D eigenvalue weighted by Crippen LogP contribution is 2.15. The number of carbonyl (C=O) groups is 1. The molecule has 4 rings (SSSR count). The van der Waals surface area contributed by atoms with E-state index in [0.717, 1.165) is 24.7 Å². The smallest absolute Gasteiger partial charge is 0.244 e. The van der Waals surface area contributed by atoms with Crippen molar-refractivity contribution in [3.05, 3.63) is 43.5 Å². The van der Waals surface area contributed by atoms with Gasteiger partial charge in [-0.1, -0.05) is 0 Å². The molecular formula is C15H17N9O. The Morgan fingerprint density at radius 3 is 2.60 bits per heavy atom. The molecular weight excluding hydrogens is 322 g/mol. The van der Waals surface area contributed by atoms with Gasteiger partial charge < -0.3 is 9.80 Å². The third kappa shape index (κ3) is 3.32. The fraction of sp³-hybridized carbons (Fsp3) is 0.333. The molecule has 25 heavy (non-hydrogen) atoms. The number of nitrogens with zero attached hydrogens (tertiary/aromatic N) is 9. The third-order valence-electron chi connectivity index (χ3n) is 4.10. The maximum atomic E-state index is 12.3. The van der Waals surface area contributed by atoms with Crippen molar-refractivity contribution in [1.82, 2.24) is 39.4 Å². The van der Waals surface area contributed by atoms with E-state index < -0.39 is 0 Å². The Balaban J connectivity index is 1.39. The number of amides is 1. The molecule has 0 aliphatic carbocycles. The van der Waals surface area contributed by atoms with E-state index in [1.54, 1.807) is 17.2 Å². The highest BCUT2D eigenvalue weighted by molar-refractivity contribution is 5.76. The number of hydrogen-bond donors (Lipinski definition) is 0.